The van der Waals surface area contributed by atoms with Crippen LogP contribution in [0.5, 0.6) is 0 Å². The molecule has 1 fully saturated rings. The smallest absolute Gasteiger partial charge is 0.211 e. The summed E-state index contributed by atoms with van der Waals surface area (Å²) in [7, 11) is 0. The highest BCUT2D eigenvalue weighted by Crippen LogP contribution is 2.36. The Morgan fingerprint density at radius 2 is 2.06 bits per heavy atom. The van der Waals surface area contributed by atoms with Crippen LogP contribution in [0.15, 0.2) is 36.8 Å². The maximum atomic E-state index is 12.3. The number of ketones is 1. The van der Waals surface area contributed by atoms with Crippen LogP contribution in [-0.4, -0.2) is 15.3 Å². The summed E-state index contributed by atoms with van der Waals surface area (Å²) < 4.78 is 1.94. The molecule has 0 saturated heterocycles. The molecule has 0 amide bonds. The van der Waals surface area contributed by atoms with Crippen molar-refractivity contribution in [1.29, 1.82) is 5.26 Å². The first-order valence-corrected chi connectivity index (χ1v) is 5.86. The van der Waals surface area contributed by atoms with Crippen molar-refractivity contribution in [2.75, 3.05) is 0 Å². The van der Waals surface area contributed by atoms with E-state index in [-0.39, 0.29) is 5.78 Å². The second-order valence-corrected chi connectivity index (χ2v) is 4.44. The summed E-state index contributed by atoms with van der Waals surface area (Å²) in [5, 5.41) is 8.73. The SMILES string of the molecule is N#Cc1ccc(C(=O)c2cncn2C2CC2)cc1. The van der Waals surface area contributed by atoms with E-state index in [4.69, 9.17) is 5.26 Å². The molecule has 0 radical (unpaired) electrons. The number of nitriles is 1. The molecule has 1 heterocycles. The number of hydrogen-bond donors (Lipinski definition) is 0. The molecule has 2 aromatic rings. The lowest BCUT2D eigenvalue weighted by Crippen LogP contribution is -2.08. The van der Waals surface area contributed by atoms with E-state index in [9.17, 15) is 4.79 Å². The topological polar surface area (TPSA) is 58.7 Å². The summed E-state index contributed by atoms with van der Waals surface area (Å²) in [5.41, 5.74) is 1.78. The molecule has 0 spiro atoms. The zero-order chi connectivity index (χ0) is 12.5. The molecule has 1 saturated carbocycles. The molecule has 1 aromatic heterocycles. The summed E-state index contributed by atoms with van der Waals surface area (Å²) in [4.78, 5) is 16.4. The predicted octanol–water partition coefficient (Wildman–Crippen LogP) is 2.32. The Kier molecular flexibility index (Phi) is 2.45. The van der Waals surface area contributed by atoms with Gasteiger partial charge in [0.25, 0.3) is 0 Å². The fraction of sp³-hybridized carbons (Fsp3) is 0.214. The highest BCUT2D eigenvalue weighted by Gasteiger charge is 2.27. The zero-order valence-corrected chi connectivity index (χ0v) is 9.71. The van der Waals surface area contributed by atoms with E-state index in [1.807, 2.05) is 10.6 Å². The van der Waals surface area contributed by atoms with Crippen LogP contribution in [0.2, 0.25) is 0 Å². The van der Waals surface area contributed by atoms with E-state index >= 15 is 0 Å². The van der Waals surface area contributed by atoms with Gasteiger partial charge in [0.15, 0.2) is 0 Å². The van der Waals surface area contributed by atoms with Gasteiger partial charge in [-0.3, -0.25) is 4.79 Å². The molecular weight excluding hydrogens is 226 g/mol. The molecule has 0 N–H and O–H groups in total. The summed E-state index contributed by atoms with van der Waals surface area (Å²) in [6, 6.07) is 9.16. The fourth-order valence-corrected chi connectivity index (χ4v) is 1.97. The molecule has 1 aliphatic carbocycles. The highest BCUT2D eigenvalue weighted by atomic mass is 16.1. The van der Waals surface area contributed by atoms with Gasteiger partial charge < -0.3 is 4.57 Å². The van der Waals surface area contributed by atoms with Gasteiger partial charge in [-0.05, 0) is 37.1 Å². The number of carbonyl (C=O) groups is 1. The van der Waals surface area contributed by atoms with Gasteiger partial charge in [-0.25, -0.2) is 4.98 Å². The molecule has 0 bridgehead atoms. The van der Waals surface area contributed by atoms with Crippen LogP contribution in [0.3, 0.4) is 0 Å². The minimum absolute atomic E-state index is 0.0381. The Morgan fingerprint density at radius 1 is 1.33 bits per heavy atom. The summed E-state index contributed by atoms with van der Waals surface area (Å²) in [6.45, 7) is 0. The van der Waals surface area contributed by atoms with Crippen LogP contribution in [0, 0.1) is 11.3 Å². The van der Waals surface area contributed by atoms with Crippen molar-refractivity contribution in [3.63, 3.8) is 0 Å². The maximum absolute atomic E-state index is 12.3. The maximum Gasteiger partial charge on any atom is 0.211 e. The number of hydrogen-bond acceptors (Lipinski definition) is 3. The summed E-state index contributed by atoms with van der Waals surface area (Å²) in [5.74, 6) is -0.0381. The van der Waals surface area contributed by atoms with Crippen LogP contribution in [0.1, 0.15) is 40.5 Å². The molecule has 4 nitrogen and oxygen atoms in total. The van der Waals surface area contributed by atoms with E-state index in [0.29, 0.717) is 22.9 Å². The van der Waals surface area contributed by atoms with Crippen molar-refractivity contribution in [3.05, 3.63) is 53.6 Å². The summed E-state index contributed by atoms with van der Waals surface area (Å²) >= 11 is 0. The van der Waals surface area contributed by atoms with Crippen molar-refractivity contribution >= 4 is 5.78 Å². The van der Waals surface area contributed by atoms with Crippen molar-refractivity contribution in [1.82, 2.24) is 9.55 Å². The van der Waals surface area contributed by atoms with Crippen LogP contribution in [0.4, 0.5) is 0 Å². The lowest BCUT2D eigenvalue weighted by atomic mass is 10.1. The molecule has 1 aromatic carbocycles. The third kappa shape index (κ3) is 1.80. The average Bonchev–Trinajstić information content (AvgIpc) is 3.15. The fourth-order valence-electron chi connectivity index (χ4n) is 1.97. The number of aromatic nitrogens is 2. The lowest BCUT2D eigenvalue weighted by Gasteiger charge is -2.05. The quantitative estimate of drug-likeness (QED) is 0.770. The zero-order valence-electron chi connectivity index (χ0n) is 9.71. The van der Waals surface area contributed by atoms with E-state index in [1.165, 1.54) is 0 Å². The van der Waals surface area contributed by atoms with Gasteiger partial charge in [0.1, 0.15) is 5.69 Å². The third-order valence-electron chi connectivity index (χ3n) is 3.12. The molecule has 88 valence electrons. The van der Waals surface area contributed by atoms with Gasteiger partial charge >= 0.3 is 0 Å². The highest BCUT2D eigenvalue weighted by molar-refractivity contribution is 6.07. The third-order valence-corrected chi connectivity index (χ3v) is 3.12. The normalized spacial score (nSPS) is 14.2. The van der Waals surface area contributed by atoms with E-state index in [0.717, 1.165) is 12.8 Å². The Balaban J connectivity index is 1.93. The Morgan fingerprint density at radius 3 is 2.67 bits per heavy atom. The molecule has 0 unspecified atom stereocenters. The second kappa shape index (κ2) is 4.11. The van der Waals surface area contributed by atoms with Gasteiger partial charge in [0.05, 0.1) is 24.2 Å². The summed E-state index contributed by atoms with van der Waals surface area (Å²) in [6.07, 6.45) is 5.56. The lowest BCUT2D eigenvalue weighted by molar-refractivity contribution is 0.103. The van der Waals surface area contributed by atoms with Gasteiger partial charge in [0, 0.05) is 11.6 Å². The van der Waals surface area contributed by atoms with E-state index in [2.05, 4.69) is 4.98 Å². The standard InChI is InChI=1S/C14H11N3O/c15-7-10-1-3-11(4-2-10)14(18)13-8-16-9-17(13)12-5-6-12/h1-4,8-9,12H,5-6H2. The Bertz CT molecular complexity index is 630. The minimum atomic E-state index is -0.0381. The largest absolute Gasteiger partial charge is 0.325 e. The van der Waals surface area contributed by atoms with Crippen LogP contribution < -0.4 is 0 Å². The van der Waals surface area contributed by atoms with Crippen molar-refractivity contribution in [2.45, 2.75) is 18.9 Å². The average molecular weight is 237 g/mol. The number of nitrogens with zero attached hydrogens (tertiary/aromatic N) is 3. The van der Waals surface area contributed by atoms with Crippen LogP contribution >= 0.6 is 0 Å². The predicted molar refractivity (Wildman–Crippen MR) is 65.1 cm³/mol. The van der Waals surface area contributed by atoms with Crippen LogP contribution in [-0.2, 0) is 0 Å². The van der Waals surface area contributed by atoms with E-state index in [1.54, 1.807) is 36.8 Å². The first-order valence-electron chi connectivity index (χ1n) is 5.86. The monoisotopic (exact) mass is 237 g/mol. The molecule has 4 heteroatoms. The van der Waals surface area contributed by atoms with Crippen molar-refractivity contribution in [2.24, 2.45) is 0 Å². The van der Waals surface area contributed by atoms with Gasteiger partial charge in [0.2, 0.25) is 5.78 Å². The van der Waals surface area contributed by atoms with Gasteiger partial charge in [-0.15, -0.1) is 0 Å². The molecular formula is C14H11N3O. The minimum Gasteiger partial charge on any atom is -0.325 e. The number of benzene rings is 1. The number of carbonyl (C=O) groups excluding carboxylic acids is 1. The van der Waals surface area contributed by atoms with E-state index < -0.39 is 0 Å². The Hall–Kier alpha value is -2.41. The van der Waals surface area contributed by atoms with Gasteiger partial charge in [-0.2, -0.15) is 5.26 Å². The Labute approximate surface area is 105 Å². The van der Waals surface area contributed by atoms with Gasteiger partial charge in [-0.1, -0.05) is 0 Å². The van der Waals surface area contributed by atoms with Crippen molar-refractivity contribution < 1.29 is 4.79 Å². The first-order chi connectivity index (χ1) is 8.79. The second-order valence-electron chi connectivity index (χ2n) is 4.44. The number of rotatable bonds is 3. The molecule has 1 aliphatic rings. The molecule has 0 atom stereocenters. The number of imidazole rings is 1. The van der Waals surface area contributed by atoms with Crippen LogP contribution in [0.25, 0.3) is 0 Å². The molecule has 0 aliphatic heterocycles. The molecule has 3 rings (SSSR count). The first kappa shape index (κ1) is 10.7. The van der Waals surface area contributed by atoms with Crippen molar-refractivity contribution in [3.8, 4) is 6.07 Å². The molecule has 18 heavy (non-hydrogen) atoms.